The van der Waals surface area contributed by atoms with E-state index in [1.807, 2.05) is 35.0 Å². The lowest BCUT2D eigenvalue weighted by Gasteiger charge is -2.24. The van der Waals surface area contributed by atoms with Crippen molar-refractivity contribution in [2.45, 2.75) is 25.1 Å². The van der Waals surface area contributed by atoms with Crippen LogP contribution in [-0.4, -0.2) is 41.1 Å². The second kappa shape index (κ2) is 7.05. The molecule has 2 atom stereocenters. The molecule has 1 amide bonds. The van der Waals surface area contributed by atoms with Crippen molar-refractivity contribution in [3.05, 3.63) is 58.3 Å². The fraction of sp³-hybridized carbons (Fsp3) is 0.353. The van der Waals surface area contributed by atoms with Crippen LogP contribution in [0.4, 0.5) is 0 Å². The first-order valence-corrected chi connectivity index (χ1v) is 8.43. The van der Waals surface area contributed by atoms with Gasteiger partial charge in [-0.15, -0.1) is 0 Å². The number of nitrogens with one attached hydrogen (secondary N) is 1. The summed E-state index contributed by atoms with van der Waals surface area (Å²) in [5.74, 6) is -0.0395. The number of amides is 1. The summed E-state index contributed by atoms with van der Waals surface area (Å²) in [4.78, 5) is 14.3. The van der Waals surface area contributed by atoms with Gasteiger partial charge in [0.1, 0.15) is 0 Å². The number of benzene rings is 1. The zero-order valence-corrected chi connectivity index (χ0v) is 13.1. The van der Waals surface area contributed by atoms with Gasteiger partial charge >= 0.3 is 0 Å². The van der Waals surface area contributed by atoms with E-state index in [9.17, 15) is 9.90 Å². The van der Waals surface area contributed by atoms with Gasteiger partial charge in [0.2, 0.25) is 0 Å². The Hall–Kier alpha value is -1.69. The standard InChI is InChI=1S/C17H20N2O2S/c20-16-8-15(9-18-17(21)14-6-7-22-12-14)19(11-16)10-13-4-2-1-3-5-13/h1-7,12,15-16,20H,8-11H2,(H,18,21)/t15-,16+/m1/s1. The molecular weight excluding hydrogens is 296 g/mol. The van der Waals surface area contributed by atoms with Crippen molar-refractivity contribution in [2.75, 3.05) is 13.1 Å². The quantitative estimate of drug-likeness (QED) is 0.888. The second-order valence-corrected chi connectivity index (χ2v) is 6.46. The highest BCUT2D eigenvalue weighted by atomic mass is 32.1. The molecule has 0 spiro atoms. The van der Waals surface area contributed by atoms with Gasteiger partial charge in [0, 0.05) is 36.6 Å². The molecular formula is C17H20N2O2S. The molecule has 1 saturated heterocycles. The molecule has 2 heterocycles. The number of nitrogens with zero attached hydrogens (tertiary/aromatic N) is 1. The van der Waals surface area contributed by atoms with Gasteiger partial charge in [-0.05, 0) is 23.4 Å². The van der Waals surface area contributed by atoms with Crippen molar-refractivity contribution in [1.82, 2.24) is 10.2 Å². The van der Waals surface area contributed by atoms with Crippen LogP contribution < -0.4 is 5.32 Å². The molecule has 1 fully saturated rings. The number of hydrogen-bond donors (Lipinski definition) is 2. The number of likely N-dealkylation sites (tertiary alicyclic amines) is 1. The Kier molecular flexibility index (Phi) is 4.87. The first-order valence-electron chi connectivity index (χ1n) is 7.49. The summed E-state index contributed by atoms with van der Waals surface area (Å²) in [5, 5.41) is 16.7. The summed E-state index contributed by atoms with van der Waals surface area (Å²) in [7, 11) is 0. The summed E-state index contributed by atoms with van der Waals surface area (Å²) >= 11 is 1.52. The van der Waals surface area contributed by atoms with Gasteiger partial charge in [-0.3, -0.25) is 9.69 Å². The predicted molar refractivity (Wildman–Crippen MR) is 87.9 cm³/mol. The molecule has 116 valence electrons. The Balaban J connectivity index is 1.58. The van der Waals surface area contributed by atoms with Gasteiger partial charge in [0.05, 0.1) is 6.10 Å². The van der Waals surface area contributed by atoms with Gasteiger partial charge in [0.15, 0.2) is 0 Å². The van der Waals surface area contributed by atoms with E-state index < -0.39 is 0 Å². The second-order valence-electron chi connectivity index (χ2n) is 5.68. The smallest absolute Gasteiger partial charge is 0.252 e. The van der Waals surface area contributed by atoms with E-state index in [1.54, 1.807) is 0 Å². The van der Waals surface area contributed by atoms with Crippen LogP contribution in [0, 0.1) is 0 Å². The maximum atomic E-state index is 12.0. The summed E-state index contributed by atoms with van der Waals surface area (Å²) in [5.41, 5.74) is 1.93. The first kappa shape index (κ1) is 15.2. The van der Waals surface area contributed by atoms with Crippen molar-refractivity contribution < 1.29 is 9.90 Å². The van der Waals surface area contributed by atoms with E-state index in [0.29, 0.717) is 25.1 Å². The third-order valence-electron chi connectivity index (χ3n) is 4.02. The molecule has 1 aliphatic heterocycles. The van der Waals surface area contributed by atoms with Gasteiger partial charge in [-0.25, -0.2) is 0 Å². The van der Waals surface area contributed by atoms with Gasteiger partial charge in [-0.1, -0.05) is 30.3 Å². The van der Waals surface area contributed by atoms with E-state index in [-0.39, 0.29) is 18.1 Å². The number of aliphatic hydroxyl groups excluding tert-OH is 1. The van der Waals surface area contributed by atoms with Gasteiger partial charge in [0.25, 0.3) is 5.91 Å². The zero-order chi connectivity index (χ0) is 15.4. The highest BCUT2D eigenvalue weighted by Crippen LogP contribution is 2.20. The molecule has 1 aromatic heterocycles. The minimum absolute atomic E-state index is 0.0395. The molecule has 0 aliphatic carbocycles. The third kappa shape index (κ3) is 3.74. The average molecular weight is 316 g/mol. The zero-order valence-electron chi connectivity index (χ0n) is 12.3. The summed E-state index contributed by atoms with van der Waals surface area (Å²) in [6, 6.07) is 12.2. The van der Waals surface area contributed by atoms with Crippen LogP contribution >= 0.6 is 11.3 Å². The topological polar surface area (TPSA) is 52.6 Å². The molecule has 4 nitrogen and oxygen atoms in total. The fourth-order valence-corrected chi connectivity index (χ4v) is 3.52. The number of hydrogen-bond acceptors (Lipinski definition) is 4. The number of rotatable bonds is 5. The number of carbonyl (C=O) groups is 1. The predicted octanol–water partition coefficient (Wildman–Crippen LogP) is 2.11. The molecule has 0 unspecified atom stereocenters. The van der Waals surface area contributed by atoms with E-state index in [2.05, 4.69) is 22.3 Å². The SMILES string of the molecule is O=C(NC[C@H]1C[C@H](O)CN1Cc1ccccc1)c1ccsc1. The highest BCUT2D eigenvalue weighted by Gasteiger charge is 2.30. The van der Waals surface area contributed by atoms with Crippen molar-refractivity contribution in [3.8, 4) is 0 Å². The molecule has 3 rings (SSSR count). The Bertz CT molecular complexity index is 600. The van der Waals surface area contributed by atoms with E-state index in [1.165, 1.54) is 16.9 Å². The van der Waals surface area contributed by atoms with E-state index in [0.717, 1.165) is 6.54 Å². The van der Waals surface area contributed by atoms with Gasteiger partial charge in [-0.2, -0.15) is 11.3 Å². The lowest BCUT2D eigenvalue weighted by Crippen LogP contribution is -2.39. The van der Waals surface area contributed by atoms with E-state index in [4.69, 9.17) is 0 Å². The summed E-state index contributed by atoms with van der Waals surface area (Å²) < 4.78 is 0. The Morgan fingerprint density at radius 2 is 2.14 bits per heavy atom. The largest absolute Gasteiger partial charge is 0.392 e. The van der Waals surface area contributed by atoms with Crippen LogP contribution in [-0.2, 0) is 6.54 Å². The fourth-order valence-electron chi connectivity index (χ4n) is 2.89. The minimum atomic E-state index is -0.313. The molecule has 0 saturated carbocycles. The molecule has 5 heteroatoms. The van der Waals surface area contributed by atoms with Crippen LogP contribution in [0.2, 0.25) is 0 Å². The first-order chi connectivity index (χ1) is 10.7. The third-order valence-corrected chi connectivity index (χ3v) is 4.70. The van der Waals surface area contributed by atoms with Crippen LogP contribution in [0.25, 0.3) is 0 Å². The average Bonchev–Trinajstić information content (AvgIpc) is 3.16. The molecule has 2 aromatic rings. The number of carbonyl (C=O) groups excluding carboxylic acids is 1. The number of thiophene rings is 1. The summed E-state index contributed by atoms with van der Waals surface area (Å²) in [6.45, 7) is 2.03. The molecule has 0 radical (unpaired) electrons. The van der Waals surface area contributed by atoms with Crippen molar-refractivity contribution in [2.24, 2.45) is 0 Å². The molecule has 0 bridgehead atoms. The monoisotopic (exact) mass is 316 g/mol. The lowest BCUT2D eigenvalue weighted by molar-refractivity contribution is 0.0940. The van der Waals surface area contributed by atoms with Crippen molar-refractivity contribution >= 4 is 17.2 Å². The Labute approximate surface area is 134 Å². The molecule has 1 aromatic carbocycles. The molecule has 2 N–H and O–H groups in total. The van der Waals surface area contributed by atoms with Crippen LogP contribution in [0.3, 0.4) is 0 Å². The number of aliphatic hydroxyl groups is 1. The number of β-amino-alcohol motifs (C(OH)–C–C–N with tert-alkyl or cyclic N) is 1. The maximum absolute atomic E-state index is 12.0. The van der Waals surface area contributed by atoms with Crippen LogP contribution in [0.5, 0.6) is 0 Å². The normalized spacial score (nSPS) is 21.9. The van der Waals surface area contributed by atoms with Crippen molar-refractivity contribution in [1.29, 1.82) is 0 Å². The lowest BCUT2D eigenvalue weighted by atomic mass is 10.1. The summed E-state index contributed by atoms with van der Waals surface area (Å²) in [6.07, 6.45) is 0.392. The van der Waals surface area contributed by atoms with Gasteiger partial charge < -0.3 is 10.4 Å². The Morgan fingerprint density at radius 3 is 2.86 bits per heavy atom. The van der Waals surface area contributed by atoms with Crippen LogP contribution in [0.15, 0.2) is 47.2 Å². The molecule has 1 aliphatic rings. The van der Waals surface area contributed by atoms with Crippen LogP contribution in [0.1, 0.15) is 22.3 Å². The van der Waals surface area contributed by atoms with Crippen molar-refractivity contribution in [3.63, 3.8) is 0 Å². The minimum Gasteiger partial charge on any atom is -0.392 e. The van der Waals surface area contributed by atoms with E-state index >= 15 is 0 Å². The Morgan fingerprint density at radius 1 is 1.32 bits per heavy atom. The molecule has 22 heavy (non-hydrogen) atoms. The maximum Gasteiger partial charge on any atom is 0.252 e. The highest BCUT2D eigenvalue weighted by molar-refractivity contribution is 7.08.